The minimum Gasteiger partial charge on any atom is -0.313 e. The van der Waals surface area contributed by atoms with Gasteiger partial charge in [0.25, 0.3) is 0 Å². The van der Waals surface area contributed by atoms with Crippen LogP contribution in [0.1, 0.15) is 12.8 Å². The molecule has 1 unspecified atom stereocenters. The van der Waals surface area contributed by atoms with Gasteiger partial charge in [-0.05, 0) is 43.7 Å². The van der Waals surface area contributed by atoms with Gasteiger partial charge in [-0.15, -0.1) is 12.4 Å². The maximum atomic E-state index is 12.1. The zero-order chi connectivity index (χ0) is 14.8. The topological polar surface area (TPSA) is 92.3 Å². The highest BCUT2D eigenvalue weighted by Gasteiger charge is 2.19. The molecule has 1 heterocycles. The number of hydrogen-bond donors (Lipinski definition) is 2. The van der Waals surface area contributed by atoms with Crippen LogP contribution in [0.2, 0.25) is 0 Å². The predicted molar refractivity (Wildman–Crippen MR) is 83.0 cm³/mol. The van der Waals surface area contributed by atoms with Crippen LogP contribution in [-0.2, 0) is 19.9 Å². The molecule has 2 N–H and O–H groups in total. The molecule has 21 heavy (non-hydrogen) atoms. The number of sulfone groups is 1. The van der Waals surface area contributed by atoms with E-state index in [2.05, 4.69) is 10.0 Å². The fourth-order valence-corrected chi connectivity index (χ4v) is 3.80. The molecule has 1 saturated heterocycles. The lowest BCUT2D eigenvalue weighted by atomic mass is 10.2. The summed E-state index contributed by atoms with van der Waals surface area (Å²) in [5.74, 6) is 0. The van der Waals surface area contributed by atoms with Gasteiger partial charge in [0.05, 0.1) is 9.79 Å². The van der Waals surface area contributed by atoms with Gasteiger partial charge in [-0.25, -0.2) is 21.6 Å². The summed E-state index contributed by atoms with van der Waals surface area (Å²) < 4.78 is 49.3. The van der Waals surface area contributed by atoms with E-state index in [4.69, 9.17) is 0 Å². The molecule has 0 saturated carbocycles. The Kier molecular flexibility index (Phi) is 6.18. The second-order valence-electron chi connectivity index (χ2n) is 4.89. The van der Waals surface area contributed by atoms with Crippen molar-refractivity contribution in [2.45, 2.75) is 28.7 Å². The first-order valence-electron chi connectivity index (χ1n) is 6.32. The summed E-state index contributed by atoms with van der Waals surface area (Å²) in [7, 11) is -6.91. The van der Waals surface area contributed by atoms with E-state index in [0.29, 0.717) is 6.54 Å². The number of hydrogen-bond acceptors (Lipinski definition) is 5. The fraction of sp³-hybridized carbons (Fsp3) is 0.500. The van der Waals surface area contributed by atoms with Crippen LogP contribution in [0.25, 0.3) is 0 Å². The molecule has 0 amide bonds. The summed E-state index contributed by atoms with van der Waals surface area (Å²) in [5, 5.41) is 3.20. The Hall–Kier alpha value is -0.670. The van der Waals surface area contributed by atoms with Crippen molar-refractivity contribution < 1.29 is 16.8 Å². The minimum atomic E-state index is -3.59. The first-order valence-corrected chi connectivity index (χ1v) is 9.70. The van der Waals surface area contributed by atoms with Gasteiger partial charge >= 0.3 is 0 Å². The average Bonchev–Trinajstić information content (AvgIpc) is 2.89. The smallest absolute Gasteiger partial charge is 0.240 e. The van der Waals surface area contributed by atoms with E-state index in [1.165, 1.54) is 24.3 Å². The van der Waals surface area contributed by atoms with E-state index in [1.807, 2.05) is 0 Å². The third-order valence-corrected chi connectivity index (χ3v) is 5.81. The molecule has 1 fully saturated rings. The van der Waals surface area contributed by atoms with Gasteiger partial charge in [0.2, 0.25) is 10.0 Å². The van der Waals surface area contributed by atoms with E-state index in [-0.39, 0.29) is 28.2 Å². The SMILES string of the molecule is CS(=O)(=O)c1ccc(S(=O)(=O)NCC2CCCN2)cc1.Cl. The second-order valence-corrected chi connectivity index (χ2v) is 8.67. The number of nitrogens with one attached hydrogen (secondary N) is 2. The molecule has 9 heteroatoms. The normalized spacial score (nSPS) is 19.2. The molecule has 0 bridgehead atoms. The maximum absolute atomic E-state index is 12.1. The Morgan fingerprint density at radius 3 is 2.19 bits per heavy atom. The summed E-state index contributed by atoms with van der Waals surface area (Å²) in [6.07, 6.45) is 3.09. The Balaban J connectivity index is 0.00000220. The van der Waals surface area contributed by atoms with Gasteiger partial charge in [-0.2, -0.15) is 0 Å². The van der Waals surface area contributed by atoms with Gasteiger partial charge < -0.3 is 5.32 Å². The van der Waals surface area contributed by atoms with Crippen molar-refractivity contribution in [3.63, 3.8) is 0 Å². The van der Waals surface area contributed by atoms with E-state index in [0.717, 1.165) is 25.6 Å². The standard InChI is InChI=1S/C12H18N2O4S2.ClH/c1-19(15,16)11-4-6-12(7-5-11)20(17,18)14-9-10-3-2-8-13-10;/h4-7,10,13-14H,2-3,8-9H2,1H3;1H. The number of sulfonamides is 1. The van der Waals surface area contributed by atoms with Crippen molar-refractivity contribution in [2.24, 2.45) is 0 Å². The van der Waals surface area contributed by atoms with Crippen molar-refractivity contribution in [3.05, 3.63) is 24.3 Å². The number of halogens is 1. The molecule has 1 aliphatic heterocycles. The monoisotopic (exact) mass is 354 g/mol. The van der Waals surface area contributed by atoms with Crippen molar-refractivity contribution in [3.8, 4) is 0 Å². The molecule has 1 aromatic carbocycles. The molecule has 1 atom stereocenters. The summed E-state index contributed by atoms with van der Waals surface area (Å²) in [5.41, 5.74) is 0. The van der Waals surface area contributed by atoms with Crippen LogP contribution in [0.5, 0.6) is 0 Å². The Bertz CT molecular complexity index is 666. The van der Waals surface area contributed by atoms with Crippen molar-refractivity contribution in [2.75, 3.05) is 19.3 Å². The molecule has 0 spiro atoms. The summed E-state index contributed by atoms with van der Waals surface area (Å²) in [6.45, 7) is 1.26. The molecule has 120 valence electrons. The van der Waals surface area contributed by atoms with Crippen LogP contribution in [-0.4, -0.2) is 42.2 Å². The largest absolute Gasteiger partial charge is 0.313 e. The van der Waals surface area contributed by atoms with E-state index in [1.54, 1.807) is 0 Å². The second kappa shape index (κ2) is 7.06. The third kappa shape index (κ3) is 4.93. The maximum Gasteiger partial charge on any atom is 0.240 e. The zero-order valence-electron chi connectivity index (χ0n) is 11.6. The number of rotatable bonds is 5. The molecular weight excluding hydrogens is 336 g/mol. The van der Waals surface area contributed by atoms with E-state index in [9.17, 15) is 16.8 Å². The van der Waals surface area contributed by atoms with Crippen molar-refractivity contribution >= 4 is 32.3 Å². The molecule has 6 nitrogen and oxygen atoms in total. The summed E-state index contributed by atoms with van der Waals surface area (Å²) in [4.78, 5) is 0.178. The molecular formula is C12H19ClN2O4S2. The van der Waals surface area contributed by atoms with Gasteiger partial charge in [0, 0.05) is 18.8 Å². The minimum absolute atomic E-state index is 0. The van der Waals surface area contributed by atoms with E-state index < -0.39 is 19.9 Å². The van der Waals surface area contributed by atoms with E-state index >= 15 is 0 Å². The van der Waals surface area contributed by atoms with Crippen molar-refractivity contribution in [1.29, 1.82) is 0 Å². The lowest BCUT2D eigenvalue weighted by Crippen LogP contribution is -2.37. The van der Waals surface area contributed by atoms with Crippen LogP contribution in [0.3, 0.4) is 0 Å². The van der Waals surface area contributed by atoms with Crippen LogP contribution >= 0.6 is 12.4 Å². The zero-order valence-corrected chi connectivity index (χ0v) is 14.0. The van der Waals surface area contributed by atoms with Crippen molar-refractivity contribution in [1.82, 2.24) is 10.0 Å². The molecule has 1 aromatic rings. The predicted octanol–water partition coefficient (Wildman–Crippen LogP) is 0.542. The summed E-state index contributed by atoms with van der Waals surface area (Å²) in [6, 6.07) is 5.39. The highest BCUT2D eigenvalue weighted by atomic mass is 35.5. The van der Waals surface area contributed by atoms with Crippen LogP contribution in [0.15, 0.2) is 34.1 Å². The third-order valence-electron chi connectivity index (χ3n) is 3.24. The highest BCUT2D eigenvalue weighted by molar-refractivity contribution is 7.90. The molecule has 1 aliphatic rings. The fourth-order valence-electron chi connectivity index (χ4n) is 2.09. The van der Waals surface area contributed by atoms with Gasteiger partial charge in [-0.1, -0.05) is 0 Å². The lowest BCUT2D eigenvalue weighted by molar-refractivity contribution is 0.551. The quantitative estimate of drug-likeness (QED) is 0.805. The van der Waals surface area contributed by atoms with Gasteiger partial charge in [0.1, 0.15) is 0 Å². The molecule has 2 rings (SSSR count). The lowest BCUT2D eigenvalue weighted by Gasteiger charge is -2.12. The Morgan fingerprint density at radius 1 is 1.14 bits per heavy atom. The Morgan fingerprint density at radius 2 is 1.71 bits per heavy atom. The van der Waals surface area contributed by atoms with Gasteiger partial charge in [-0.3, -0.25) is 0 Å². The van der Waals surface area contributed by atoms with Gasteiger partial charge in [0.15, 0.2) is 9.84 Å². The molecule has 0 aromatic heterocycles. The van der Waals surface area contributed by atoms with Crippen LogP contribution < -0.4 is 10.0 Å². The highest BCUT2D eigenvalue weighted by Crippen LogP contribution is 2.14. The van der Waals surface area contributed by atoms with Crippen LogP contribution in [0, 0.1) is 0 Å². The Labute approximate surface area is 131 Å². The molecule has 0 radical (unpaired) electrons. The first-order chi connectivity index (χ1) is 9.29. The molecule has 0 aliphatic carbocycles. The first kappa shape index (κ1) is 18.4. The number of benzene rings is 1. The average molecular weight is 355 g/mol. The van der Waals surface area contributed by atoms with Crippen LogP contribution in [0.4, 0.5) is 0 Å². The summed E-state index contributed by atoms with van der Waals surface area (Å²) >= 11 is 0.